The van der Waals surface area contributed by atoms with Crippen molar-refractivity contribution >= 4 is 23.8 Å². The molecule has 0 bridgehead atoms. The second-order valence-corrected chi connectivity index (χ2v) is 10.8. The number of nitrogens with one attached hydrogen (secondary N) is 2. The second kappa shape index (κ2) is 17.1. The molecule has 2 aliphatic rings. The molecule has 1 saturated heterocycles. The number of likely N-dealkylation sites (N-methyl/N-ethyl adjacent to an activating group) is 1. The number of amides is 1. The monoisotopic (exact) mass is 529 g/mol. The maximum Gasteiger partial charge on any atom is 0.488 e. The Hall–Kier alpha value is -2.54. The fourth-order valence-corrected chi connectivity index (χ4v) is 4.82. The summed E-state index contributed by atoms with van der Waals surface area (Å²) in [5.74, 6) is 1.61. The van der Waals surface area contributed by atoms with E-state index in [0.29, 0.717) is 36.3 Å². The molecule has 1 aliphatic heterocycles. The molecule has 1 amide bonds. The molecule has 2 rings (SSSR count). The van der Waals surface area contributed by atoms with Gasteiger partial charge < -0.3 is 15.3 Å². The first-order valence-electron chi connectivity index (χ1n) is 13.4. The average Bonchev–Trinajstić information content (AvgIpc) is 3.13. The van der Waals surface area contributed by atoms with E-state index in [-0.39, 0.29) is 18.6 Å². The van der Waals surface area contributed by atoms with Gasteiger partial charge in [-0.25, -0.2) is 9.62 Å². The fraction of sp³-hybridized carbons (Fsp3) is 0.607. The van der Waals surface area contributed by atoms with Crippen molar-refractivity contribution in [2.45, 2.75) is 58.9 Å². The van der Waals surface area contributed by atoms with Gasteiger partial charge in [-0.1, -0.05) is 55.8 Å². The number of guanidine groups is 1. The van der Waals surface area contributed by atoms with Crippen LogP contribution in [0.25, 0.3) is 4.85 Å². The van der Waals surface area contributed by atoms with Gasteiger partial charge >= 0.3 is 5.96 Å². The molecule has 3 N–H and O–H groups in total. The van der Waals surface area contributed by atoms with E-state index in [1.165, 1.54) is 0 Å². The molecule has 0 saturated carbocycles. The van der Waals surface area contributed by atoms with Gasteiger partial charge in [0.1, 0.15) is 6.54 Å². The van der Waals surface area contributed by atoms with E-state index in [4.69, 9.17) is 6.57 Å². The molecule has 0 aromatic heterocycles. The van der Waals surface area contributed by atoms with Gasteiger partial charge in [-0.2, -0.15) is 4.85 Å². The number of piperidine rings is 1. The quantitative estimate of drug-likeness (QED) is 0.144. The standard InChI is InChI=1S/C28H44N6O2S/c1-6-7-8-15-31-28(29-4)32-23(3)12-16-30-27(36)25-11-9-10-24(33(5)37-20-19-35)21-26(25)34-17-13-22(2)14-18-34/h4,9-12,21-22,24,35H,6-8,13-20H2,1-3,5H3,(H-,30,31,32,36)/p+1/b23-12-. The number of allylic oxidation sites excluding steroid dienone is 3. The lowest BCUT2D eigenvalue weighted by molar-refractivity contribution is -0.117. The van der Waals surface area contributed by atoms with Crippen molar-refractivity contribution in [1.29, 1.82) is 0 Å². The SMILES string of the molecule is C#[N+]C(=NCCCCC)N/C(C)=C\CNC(=O)C1=CC=CC(N(C)SCCO)C=C1N1CCC(C)CC1. The van der Waals surface area contributed by atoms with Gasteiger partial charge in [0, 0.05) is 31.1 Å². The number of nitrogens with zero attached hydrogens (tertiary/aromatic N) is 4. The number of unbranched alkanes of at least 4 members (excludes halogenated alkanes) is 2. The molecule has 37 heavy (non-hydrogen) atoms. The minimum Gasteiger partial charge on any atom is -0.395 e. The third-order valence-electron chi connectivity index (χ3n) is 6.48. The Balaban J connectivity index is 2.08. The second-order valence-electron chi connectivity index (χ2n) is 9.54. The Bertz CT molecular complexity index is 925. The maximum atomic E-state index is 13.3. The number of carbonyl (C=O) groups excluding carboxylic acids is 1. The van der Waals surface area contributed by atoms with Crippen molar-refractivity contribution in [3.8, 4) is 6.57 Å². The van der Waals surface area contributed by atoms with E-state index < -0.39 is 0 Å². The normalized spacial score (nSPS) is 19.3. The Morgan fingerprint density at radius 2 is 2.14 bits per heavy atom. The summed E-state index contributed by atoms with van der Waals surface area (Å²) in [5.41, 5.74) is 2.46. The summed E-state index contributed by atoms with van der Waals surface area (Å²) in [6.07, 6.45) is 15.5. The van der Waals surface area contributed by atoms with Crippen LogP contribution in [0.4, 0.5) is 0 Å². The molecule has 204 valence electrons. The van der Waals surface area contributed by atoms with Gasteiger partial charge in [-0.3, -0.25) is 4.79 Å². The predicted octanol–water partition coefficient (Wildman–Crippen LogP) is 4.16. The van der Waals surface area contributed by atoms with Gasteiger partial charge in [-0.15, -0.1) is 0 Å². The summed E-state index contributed by atoms with van der Waals surface area (Å²) in [7, 11) is 2.02. The van der Waals surface area contributed by atoms with E-state index in [1.54, 1.807) is 11.9 Å². The average molecular weight is 530 g/mol. The molecule has 0 spiro atoms. The molecule has 1 atom stereocenters. The minimum absolute atomic E-state index is 0.0221. The summed E-state index contributed by atoms with van der Waals surface area (Å²) in [6.45, 7) is 14.9. The molecule has 1 unspecified atom stereocenters. The highest BCUT2D eigenvalue weighted by molar-refractivity contribution is 7.97. The van der Waals surface area contributed by atoms with E-state index >= 15 is 0 Å². The lowest BCUT2D eigenvalue weighted by Gasteiger charge is -2.35. The number of likely N-dealkylation sites (tertiary alicyclic amines) is 1. The van der Waals surface area contributed by atoms with Crippen molar-refractivity contribution in [2.75, 3.05) is 45.6 Å². The third kappa shape index (κ3) is 10.8. The number of hydrogen-bond acceptors (Lipinski definition) is 6. The number of hydrogen-bond donors (Lipinski definition) is 3. The Morgan fingerprint density at radius 1 is 1.38 bits per heavy atom. The largest absolute Gasteiger partial charge is 0.488 e. The summed E-state index contributed by atoms with van der Waals surface area (Å²) < 4.78 is 2.12. The zero-order valence-corrected chi connectivity index (χ0v) is 23.8. The number of rotatable bonds is 13. The smallest absolute Gasteiger partial charge is 0.395 e. The number of aliphatic hydroxyl groups excluding tert-OH is 1. The predicted molar refractivity (Wildman–Crippen MR) is 156 cm³/mol. The van der Waals surface area contributed by atoms with Crippen LogP contribution in [0.5, 0.6) is 0 Å². The first kappa shape index (κ1) is 30.7. The summed E-state index contributed by atoms with van der Waals surface area (Å²) in [6, 6.07) is 0.0221. The van der Waals surface area contributed by atoms with Gasteiger partial charge in [0.25, 0.3) is 5.91 Å². The van der Waals surface area contributed by atoms with E-state index in [2.05, 4.69) is 55.7 Å². The van der Waals surface area contributed by atoms with Crippen molar-refractivity contribution in [3.63, 3.8) is 0 Å². The van der Waals surface area contributed by atoms with Gasteiger partial charge in [0.2, 0.25) is 0 Å². The summed E-state index contributed by atoms with van der Waals surface area (Å²) >= 11 is 1.59. The molecule has 1 fully saturated rings. The highest BCUT2D eigenvalue weighted by Gasteiger charge is 2.26. The third-order valence-corrected chi connectivity index (χ3v) is 7.49. The lowest BCUT2D eigenvalue weighted by atomic mass is 9.97. The summed E-state index contributed by atoms with van der Waals surface area (Å²) in [4.78, 5) is 23.8. The Morgan fingerprint density at radius 3 is 2.81 bits per heavy atom. The number of aliphatic imine (C=N–C) groups is 1. The number of carbonyl (C=O) groups is 1. The van der Waals surface area contributed by atoms with Crippen molar-refractivity contribution in [2.24, 2.45) is 10.9 Å². The van der Waals surface area contributed by atoms with E-state index in [0.717, 1.165) is 56.6 Å². The molecular formula is C28H45N6O2S+. The van der Waals surface area contributed by atoms with Crippen molar-refractivity contribution in [3.05, 3.63) is 52.2 Å². The Labute approximate surface area is 227 Å². The van der Waals surface area contributed by atoms with Crippen molar-refractivity contribution in [1.82, 2.24) is 19.8 Å². The lowest BCUT2D eigenvalue weighted by Crippen LogP contribution is -2.37. The number of aliphatic hydroxyl groups is 1. The first-order chi connectivity index (χ1) is 17.9. The molecule has 0 aromatic carbocycles. The first-order valence-corrected chi connectivity index (χ1v) is 14.3. The molecule has 0 aromatic rings. The van der Waals surface area contributed by atoms with Gasteiger partial charge in [0.05, 0.1) is 30.5 Å². The van der Waals surface area contributed by atoms with Crippen LogP contribution in [0.2, 0.25) is 0 Å². The Kier molecular flexibility index (Phi) is 14.1. The zero-order valence-electron chi connectivity index (χ0n) is 22.9. The van der Waals surface area contributed by atoms with Gasteiger partial charge in [-0.05, 0) is 57.4 Å². The summed E-state index contributed by atoms with van der Waals surface area (Å²) in [5, 5.41) is 15.4. The minimum atomic E-state index is -0.109. The van der Waals surface area contributed by atoms with E-state index in [1.807, 2.05) is 32.2 Å². The highest BCUT2D eigenvalue weighted by atomic mass is 32.2. The van der Waals surface area contributed by atoms with Crippen LogP contribution >= 0.6 is 11.9 Å². The molecule has 0 radical (unpaired) electrons. The molecule has 1 aliphatic carbocycles. The van der Waals surface area contributed by atoms with Crippen molar-refractivity contribution < 1.29 is 9.90 Å². The van der Waals surface area contributed by atoms with Crippen LogP contribution in [0.1, 0.15) is 52.9 Å². The molecule has 9 heteroatoms. The fourth-order valence-electron chi connectivity index (χ4n) is 4.15. The van der Waals surface area contributed by atoms with Crippen LogP contribution in [0.3, 0.4) is 0 Å². The topological polar surface area (TPSA) is 84.6 Å². The van der Waals surface area contributed by atoms with Gasteiger partial charge in [0.15, 0.2) is 0 Å². The van der Waals surface area contributed by atoms with Crippen LogP contribution in [0.15, 0.2) is 52.3 Å². The van der Waals surface area contributed by atoms with E-state index in [9.17, 15) is 9.90 Å². The van der Waals surface area contributed by atoms with Crippen LogP contribution in [-0.4, -0.2) is 77.8 Å². The maximum absolute atomic E-state index is 13.3. The molecule has 1 heterocycles. The molecule has 8 nitrogen and oxygen atoms in total. The van der Waals surface area contributed by atoms with Crippen LogP contribution < -0.4 is 10.6 Å². The van der Waals surface area contributed by atoms with Crippen LogP contribution in [-0.2, 0) is 4.79 Å². The van der Waals surface area contributed by atoms with Crippen LogP contribution in [0, 0.1) is 12.5 Å². The highest BCUT2D eigenvalue weighted by Crippen LogP contribution is 2.28. The zero-order chi connectivity index (χ0) is 27.0. The molecular weight excluding hydrogens is 484 g/mol.